The number of nitriles is 1. The molecular weight excluding hydrogens is 295 g/mol. The molecule has 0 spiro atoms. The molecule has 2 aromatic rings. The van der Waals surface area contributed by atoms with Crippen LogP contribution < -0.4 is 9.46 Å². The van der Waals surface area contributed by atoms with Gasteiger partial charge in [-0.2, -0.15) is 5.26 Å². The van der Waals surface area contributed by atoms with Gasteiger partial charge in [-0.25, -0.2) is 12.8 Å². The van der Waals surface area contributed by atoms with Crippen molar-refractivity contribution < 1.29 is 17.5 Å². The molecule has 0 bridgehead atoms. The van der Waals surface area contributed by atoms with E-state index in [-0.39, 0.29) is 21.9 Å². The van der Waals surface area contributed by atoms with Gasteiger partial charge in [0.25, 0.3) is 10.0 Å². The first kappa shape index (κ1) is 14.8. The number of rotatable bonds is 4. The number of benzene rings is 2. The van der Waals surface area contributed by atoms with Crippen LogP contribution in [0.2, 0.25) is 0 Å². The molecule has 0 heterocycles. The number of hydrogen-bond acceptors (Lipinski definition) is 4. The lowest BCUT2D eigenvalue weighted by Crippen LogP contribution is -2.14. The molecule has 0 saturated heterocycles. The first-order valence-corrected chi connectivity index (χ1v) is 7.32. The van der Waals surface area contributed by atoms with Crippen molar-refractivity contribution in [1.29, 1.82) is 5.26 Å². The lowest BCUT2D eigenvalue weighted by atomic mass is 10.2. The van der Waals surface area contributed by atoms with Gasteiger partial charge in [0, 0.05) is 0 Å². The fourth-order valence-corrected chi connectivity index (χ4v) is 2.85. The van der Waals surface area contributed by atoms with Crippen molar-refractivity contribution in [2.24, 2.45) is 0 Å². The van der Waals surface area contributed by atoms with Crippen LogP contribution in [0.25, 0.3) is 0 Å². The smallest absolute Gasteiger partial charge is 0.262 e. The van der Waals surface area contributed by atoms with E-state index in [0.717, 1.165) is 12.1 Å². The number of hydrogen-bond donors (Lipinski definition) is 1. The number of para-hydroxylation sites is 1. The molecule has 0 amide bonds. The van der Waals surface area contributed by atoms with E-state index in [4.69, 9.17) is 10.00 Å². The van der Waals surface area contributed by atoms with Crippen molar-refractivity contribution in [1.82, 2.24) is 0 Å². The molecule has 108 valence electrons. The van der Waals surface area contributed by atoms with Gasteiger partial charge in [-0.3, -0.25) is 4.72 Å². The number of nitrogens with one attached hydrogen (secondary N) is 1. The summed E-state index contributed by atoms with van der Waals surface area (Å²) < 4.78 is 45.0. The molecule has 0 aliphatic rings. The van der Waals surface area contributed by atoms with Gasteiger partial charge in [-0.15, -0.1) is 0 Å². The van der Waals surface area contributed by atoms with Crippen molar-refractivity contribution in [3.8, 4) is 11.8 Å². The summed E-state index contributed by atoms with van der Waals surface area (Å²) in [5.74, 6) is -0.465. The highest BCUT2D eigenvalue weighted by molar-refractivity contribution is 7.92. The Balaban J connectivity index is 2.49. The zero-order valence-electron chi connectivity index (χ0n) is 11.0. The van der Waals surface area contributed by atoms with Crippen LogP contribution in [-0.4, -0.2) is 15.5 Å². The van der Waals surface area contributed by atoms with Gasteiger partial charge in [-0.1, -0.05) is 12.1 Å². The zero-order chi connectivity index (χ0) is 15.5. The monoisotopic (exact) mass is 306 g/mol. The van der Waals surface area contributed by atoms with Crippen LogP contribution in [0.1, 0.15) is 5.56 Å². The van der Waals surface area contributed by atoms with E-state index in [0.29, 0.717) is 0 Å². The average molecular weight is 306 g/mol. The van der Waals surface area contributed by atoms with E-state index in [2.05, 4.69) is 4.72 Å². The van der Waals surface area contributed by atoms with Gasteiger partial charge in [0.2, 0.25) is 0 Å². The van der Waals surface area contributed by atoms with Crippen molar-refractivity contribution in [2.75, 3.05) is 11.8 Å². The van der Waals surface area contributed by atoms with Crippen LogP contribution in [0.4, 0.5) is 10.1 Å². The van der Waals surface area contributed by atoms with Gasteiger partial charge in [-0.05, 0) is 30.3 Å². The number of sulfonamides is 1. The van der Waals surface area contributed by atoms with Crippen LogP contribution in [0.15, 0.2) is 47.4 Å². The Morgan fingerprint density at radius 2 is 1.95 bits per heavy atom. The fraction of sp³-hybridized carbons (Fsp3) is 0.0714. The van der Waals surface area contributed by atoms with Gasteiger partial charge in [0.15, 0.2) is 0 Å². The molecule has 0 fully saturated rings. The largest absolute Gasteiger partial charge is 0.495 e. The van der Waals surface area contributed by atoms with Gasteiger partial charge < -0.3 is 4.74 Å². The first-order chi connectivity index (χ1) is 9.97. The predicted molar refractivity (Wildman–Crippen MR) is 74.9 cm³/mol. The average Bonchev–Trinajstić information content (AvgIpc) is 2.47. The third-order valence-electron chi connectivity index (χ3n) is 2.71. The molecule has 0 saturated carbocycles. The standard InChI is InChI=1S/C14H11FN2O3S/c1-20-13-7-2-4-10(9-16)14(13)17-21(18,19)12-6-3-5-11(15)8-12/h2-8,17H,1H3. The molecule has 0 unspecified atom stereocenters. The summed E-state index contributed by atoms with van der Waals surface area (Å²) in [6, 6.07) is 11.0. The van der Waals surface area contributed by atoms with Gasteiger partial charge in [0.05, 0.1) is 17.6 Å². The molecule has 2 rings (SSSR count). The molecule has 5 nitrogen and oxygen atoms in total. The molecule has 0 aliphatic heterocycles. The second kappa shape index (κ2) is 5.81. The van der Waals surface area contributed by atoms with E-state index >= 15 is 0 Å². The van der Waals surface area contributed by atoms with E-state index in [1.165, 1.54) is 31.4 Å². The van der Waals surface area contributed by atoms with Crippen LogP contribution in [0, 0.1) is 17.1 Å². The molecule has 0 radical (unpaired) electrons. The Bertz CT molecular complexity index is 813. The minimum absolute atomic E-state index is 0.0201. The lowest BCUT2D eigenvalue weighted by Gasteiger charge is -2.13. The zero-order valence-corrected chi connectivity index (χ0v) is 11.8. The van der Waals surface area contributed by atoms with Crippen molar-refractivity contribution >= 4 is 15.7 Å². The molecule has 2 aromatic carbocycles. The molecule has 0 aliphatic carbocycles. The second-order valence-corrected chi connectivity index (χ2v) is 5.74. The van der Waals surface area contributed by atoms with Crippen molar-refractivity contribution in [3.05, 3.63) is 53.8 Å². The third-order valence-corrected chi connectivity index (χ3v) is 4.06. The van der Waals surface area contributed by atoms with E-state index < -0.39 is 15.8 Å². The molecule has 1 N–H and O–H groups in total. The Morgan fingerprint density at radius 1 is 1.24 bits per heavy atom. The summed E-state index contributed by atoms with van der Waals surface area (Å²) >= 11 is 0. The summed E-state index contributed by atoms with van der Waals surface area (Å²) in [4.78, 5) is -0.239. The van der Waals surface area contributed by atoms with Gasteiger partial charge >= 0.3 is 0 Å². The summed E-state index contributed by atoms with van der Waals surface area (Å²) in [6.07, 6.45) is 0. The van der Waals surface area contributed by atoms with E-state index in [1.54, 1.807) is 6.07 Å². The first-order valence-electron chi connectivity index (χ1n) is 5.83. The Morgan fingerprint density at radius 3 is 2.57 bits per heavy atom. The summed E-state index contributed by atoms with van der Waals surface area (Å²) in [5, 5.41) is 9.05. The lowest BCUT2D eigenvalue weighted by molar-refractivity contribution is 0.416. The minimum atomic E-state index is -4.02. The third kappa shape index (κ3) is 3.12. The summed E-state index contributed by atoms with van der Waals surface area (Å²) in [6.45, 7) is 0. The fourth-order valence-electron chi connectivity index (χ4n) is 1.73. The number of ether oxygens (including phenoxy) is 1. The van der Waals surface area contributed by atoms with E-state index in [9.17, 15) is 12.8 Å². The minimum Gasteiger partial charge on any atom is -0.495 e. The molecule has 21 heavy (non-hydrogen) atoms. The Hall–Kier alpha value is -2.59. The maximum Gasteiger partial charge on any atom is 0.262 e. The highest BCUT2D eigenvalue weighted by Crippen LogP contribution is 2.30. The molecule has 0 aromatic heterocycles. The maximum atomic E-state index is 13.2. The normalized spacial score (nSPS) is 10.7. The van der Waals surface area contributed by atoms with Crippen LogP contribution in [-0.2, 0) is 10.0 Å². The van der Waals surface area contributed by atoms with Gasteiger partial charge in [0.1, 0.15) is 23.3 Å². The SMILES string of the molecule is COc1cccc(C#N)c1NS(=O)(=O)c1cccc(F)c1. The van der Waals surface area contributed by atoms with Crippen molar-refractivity contribution in [2.45, 2.75) is 4.90 Å². The number of halogens is 1. The van der Waals surface area contributed by atoms with Crippen LogP contribution in [0.3, 0.4) is 0 Å². The topological polar surface area (TPSA) is 79.2 Å². The number of anilines is 1. The summed E-state index contributed by atoms with van der Waals surface area (Å²) in [5.41, 5.74) is 0.126. The predicted octanol–water partition coefficient (Wildman–Crippen LogP) is 2.51. The summed E-state index contributed by atoms with van der Waals surface area (Å²) in [7, 11) is -2.66. The maximum absolute atomic E-state index is 13.2. The second-order valence-electron chi connectivity index (χ2n) is 4.06. The molecule has 0 atom stereocenters. The quantitative estimate of drug-likeness (QED) is 0.941. The van der Waals surface area contributed by atoms with E-state index in [1.807, 2.05) is 6.07 Å². The number of nitrogens with zero attached hydrogens (tertiary/aromatic N) is 1. The highest BCUT2D eigenvalue weighted by atomic mass is 32.2. The Labute approximate surface area is 121 Å². The molecule has 7 heteroatoms. The van der Waals surface area contributed by atoms with Crippen molar-refractivity contribution in [3.63, 3.8) is 0 Å². The Kier molecular flexibility index (Phi) is 4.10. The van der Waals surface area contributed by atoms with Crippen LogP contribution in [0.5, 0.6) is 5.75 Å². The highest BCUT2D eigenvalue weighted by Gasteiger charge is 2.19. The van der Waals surface area contributed by atoms with Crippen LogP contribution >= 0.6 is 0 Å². The molecular formula is C14H11FN2O3S. The number of methoxy groups -OCH3 is 1.